The molecule has 1 aliphatic heterocycles. The Morgan fingerprint density at radius 3 is 2.07 bits per heavy atom. The summed E-state index contributed by atoms with van der Waals surface area (Å²) in [5.74, 6) is 0. The minimum Gasteiger partial charge on any atom is -0.305 e. The number of fused-ring (bicyclic) bond motifs is 4. The summed E-state index contributed by atoms with van der Waals surface area (Å²) in [4.78, 5) is 4.22. The third-order valence-electron chi connectivity index (χ3n) is 7.94. The quantitative estimate of drug-likeness (QED) is 0.131. The summed E-state index contributed by atoms with van der Waals surface area (Å²) >= 11 is 0. The van der Waals surface area contributed by atoms with E-state index in [1.165, 1.54) is 22.3 Å². The van der Waals surface area contributed by atoms with E-state index in [1.54, 1.807) is 6.20 Å². The van der Waals surface area contributed by atoms with E-state index in [0.717, 1.165) is 34.0 Å². The molecule has 0 saturated carbocycles. The van der Waals surface area contributed by atoms with Crippen LogP contribution in [0.5, 0.6) is 0 Å². The van der Waals surface area contributed by atoms with Gasteiger partial charge in [-0.25, -0.2) is 0 Å². The van der Waals surface area contributed by atoms with Crippen LogP contribution in [0.4, 0.5) is 22.7 Å². The van der Waals surface area contributed by atoms with Crippen LogP contribution in [0, 0.1) is 12.1 Å². The number of pyridine rings is 1. The maximum absolute atomic E-state index is 4.22. The third-order valence-corrected chi connectivity index (χ3v) is 7.94. The monoisotopic (exact) mass is 732 g/mol. The van der Waals surface area contributed by atoms with Crippen molar-refractivity contribution >= 4 is 28.8 Å². The molecule has 5 aromatic carbocycles. The van der Waals surface area contributed by atoms with Gasteiger partial charge in [-0.3, -0.25) is 0 Å². The van der Waals surface area contributed by atoms with Crippen molar-refractivity contribution in [3.8, 4) is 22.4 Å². The van der Waals surface area contributed by atoms with Crippen LogP contribution in [0.1, 0.15) is 25.0 Å². The van der Waals surface area contributed by atoms with Crippen molar-refractivity contribution in [1.82, 2.24) is 14.1 Å². The molecule has 0 spiro atoms. The molecule has 209 valence electrons. The summed E-state index contributed by atoms with van der Waals surface area (Å²) in [7, 11) is 0. The predicted octanol–water partition coefficient (Wildman–Crippen LogP) is 9.20. The SMILES string of the molecule is CC1(C)c2ccccc2-c2cc[c-]c([N+]3=C=[N+](c4ccccc4)c4ccccc43)c21.[Ir].[c-]1ccccc1-c1ccccn1. The summed E-state index contributed by atoms with van der Waals surface area (Å²) in [6.07, 6.45) is 1.79. The van der Waals surface area contributed by atoms with Crippen molar-refractivity contribution in [3.05, 3.63) is 163 Å². The van der Waals surface area contributed by atoms with Crippen LogP contribution in [-0.2, 0) is 25.5 Å². The minimum atomic E-state index is -0.101. The molecule has 0 N–H and O–H groups in total. The van der Waals surface area contributed by atoms with Gasteiger partial charge < -0.3 is 4.98 Å². The summed E-state index contributed by atoms with van der Waals surface area (Å²) in [6, 6.07) is 55.9. The topological polar surface area (TPSA) is 18.9 Å². The Hall–Kier alpha value is -4.72. The Kier molecular flexibility index (Phi) is 7.84. The maximum atomic E-state index is 4.22. The van der Waals surface area contributed by atoms with Gasteiger partial charge in [-0.05, 0) is 32.9 Å². The first-order valence-corrected chi connectivity index (χ1v) is 14.2. The molecule has 2 heterocycles. The Balaban J connectivity index is 0.000000213. The standard InChI is InChI=1S/C28H21N2.C11H8N.Ir/c1-28(2)23-15-7-6-13-21(23)22-14-10-18-26(27(22)28)30-19-29(20-11-4-3-5-12-20)24-16-8-9-17-25(24)30;1-2-6-10(7-3-1)11-8-4-5-9-12-11;/h3-17H,1-2H3;1-6,8-9H;/q+1;-1;. The van der Waals surface area contributed by atoms with Crippen molar-refractivity contribution in [2.75, 3.05) is 0 Å². The van der Waals surface area contributed by atoms with Crippen molar-refractivity contribution in [3.63, 3.8) is 0 Å². The number of aromatic nitrogens is 1. The fourth-order valence-electron chi connectivity index (χ4n) is 5.99. The summed E-state index contributed by atoms with van der Waals surface area (Å²) < 4.78 is 4.31. The van der Waals surface area contributed by atoms with Crippen LogP contribution in [0.25, 0.3) is 22.4 Å². The molecule has 2 aliphatic rings. The predicted molar refractivity (Wildman–Crippen MR) is 172 cm³/mol. The van der Waals surface area contributed by atoms with Gasteiger partial charge in [0.2, 0.25) is 5.69 Å². The molecule has 43 heavy (non-hydrogen) atoms. The van der Waals surface area contributed by atoms with Gasteiger partial charge in [0.1, 0.15) is 5.69 Å². The fourth-order valence-corrected chi connectivity index (χ4v) is 5.99. The van der Waals surface area contributed by atoms with Gasteiger partial charge in [0, 0.05) is 50.6 Å². The van der Waals surface area contributed by atoms with Gasteiger partial charge in [-0.2, -0.15) is 12.1 Å². The molecule has 0 unspecified atom stereocenters. The maximum Gasteiger partial charge on any atom is 0.501 e. The number of rotatable bonds is 3. The van der Waals surface area contributed by atoms with Crippen molar-refractivity contribution in [1.29, 1.82) is 0 Å². The van der Waals surface area contributed by atoms with Crippen LogP contribution in [0.2, 0.25) is 0 Å². The molecular formula is C39H29IrN3. The van der Waals surface area contributed by atoms with Gasteiger partial charge in [0.05, 0.1) is 0 Å². The average Bonchev–Trinajstić information content (AvgIpc) is 3.56. The van der Waals surface area contributed by atoms with E-state index in [9.17, 15) is 0 Å². The number of para-hydroxylation sites is 3. The molecule has 0 fully saturated rings. The number of hydrogen-bond acceptors (Lipinski definition) is 1. The van der Waals surface area contributed by atoms with Crippen molar-refractivity contribution in [2.45, 2.75) is 19.3 Å². The van der Waals surface area contributed by atoms with E-state index in [-0.39, 0.29) is 25.5 Å². The van der Waals surface area contributed by atoms with Crippen molar-refractivity contribution < 1.29 is 20.1 Å². The Bertz CT molecular complexity index is 1940. The summed E-state index contributed by atoms with van der Waals surface area (Å²) in [5.41, 5.74) is 11.6. The Labute approximate surface area is 266 Å². The average molecular weight is 732 g/mol. The fraction of sp³-hybridized carbons (Fsp3) is 0.0769. The van der Waals surface area contributed by atoms with Crippen molar-refractivity contribution in [2.24, 2.45) is 0 Å². The first-order chi connectivity index (χ1) is 20.6. The molecule has 0 bridgehead atoms. The molecule has 6 aromatic rings. The first kappa shape index (κ1) is 28.4. The Morgan fingerprint density at radius 2 is 1.33 bits per heavy atom. The van der Waals surface area contributed by atoms with Gasteiger partial charge in [-0.15, -0.1) is 47.5 Å². The molecule has 0 atom stereocenters. The van der Waals surface area contributed by atoms with Crippen LogP contribution in [0.15, 0.2) is 140 Å². The van der Waals surface area contributed by atoms with Gasteiger partial charge in [0.25, 0.3) is 11.4 Å². The molecule has 3 nitrogen and oxygen atoms in total. The molecule has 1 aliphatic carbocycles. The minimum absolute atomic E-state index is 0. The van der Waals surface area contributed by atoms with Gasteiger partial charge in [0.15, 0.2) is 0 Å². The van der Waals surface area contributed by atoms with Crippen LogP contribution < -0.4 is 9.15 Å². The number of benzene rings is 5. The van der Waals surface area contributed by atoms with E-state index in [4.69, 9.17) is 0 Å². The van der Waals surface area contributed by atoms with Crippen LogP contribution in [0.3, 0.4) is 0 Å². The van der Waals surface area contributed by atoms with E-state index >= 15 is 0 Å². The van der Waals surface area contributed by atoms with Crippen LogP contribution in [-0.4, -0.2) is 11.0 Å². The zero-order chi connectivity index (χ0) is 28.5. The largest absolute Gasteiger partial charge is 0.501 e. The van der Waals surface area contributed by atoms with Gasteiger partial charge >= 0.3 is 6.01 Å². The molecular weight excluding hydrogens is 703 g/mol. The number of hydrogen-bond donors (Lipinski definition) is 0. The second-order valence-corrected chi connectivity index (χ2v) is 10.9. The molecule has 8 rings (SSSR count). The molecule has 1 radical (unpaired) electrons. The second kappa shape index (κ2) is 11.9. The molecule has 0 saturated heterocycles. The zero-order valence-corrected chi connectivity index (χ0v) is 26.3. The summed E-state index contributed by atoms with van der Waals surface area (Å²) in [5, 5.41) is 0. The number of nitrogens with zero attached hydrogens (tertiary/aromatic N) is 3. The smallest absolute Gasteiger partial charge is 0.305 e. The Morgan fingerprint density at radius 1 is 0.628 bits per heavy atom. The second-order valence-electron chi connectivity index (χ2n) is 10.9. The molecule has 4 heteroatoms. The summed E-state index contributed by atoms with van der Waals surface area (Å²) in [6.45, 7) is 4.62. The molecule has 0 amide bonds. The normalized spacial score (nSPS) is 13.3. The first-order valence-electron chi connectivity index (χ1n) is 14.2. The third kappa shape index (κ3) is 5.11. The van der Waals surface area contributed by atoms with E-state index in [2.05, 4.69) is 125 Å². The van der Waals surface area contributed by atoms with E-state index in [1.807, 2.05) is 54.6 Å². The van der Waals surface area contributed by atoms with Gasteiger partial charge in [-0.1, -0.05) is 90.7 Å². The van der Waals surface area contributed by atoms with E-state index in [0.29, 0.717) is 0 Å². The van der Waals surface area contributed by atoms with Crippen LogP contribution >= 0.6 is 0 Å². The van der Waals surface area contributed by atoms with E-state index < -0.39 is 0 Å². The zero-order valence-electron chi connectivity index (χ0n) is 24.0. The molecule has 1 aromatic heterocycles.